The molecule has 0 aliphatic carbocycles. The maximum Gasteiger partial charge on any atom is 0.266 e. The van der Waals surface area contributed by atoms with Crippen LogP contribution < -0.4 is 4.74 Å². The number of hydrogen-bond acceptors (Lipinski definition) is 2. The van der Waals surface area contributed by atoms with E-state index < -0.39 is 5.60 Å². The van der Waals surface area contributed by atoms with Gasteiger partial charge in [0.2, 0.25) is 0 Å². The van der Waals surface area contributed by atoms with Crippen molar-refractivity contribution >= 4 is 17.5 Å². The number of amides is 1. The lowest BCUT2D eigenvalue weighted by Crippen LogP contribution is -2.51. The van der Waals surface area contributed by atoms with Crippen molar-refractivity contribution in [1.29, 1.82) is 0 Å². The molecule has 116 valence electrons. The summed E-state index contributed by atoms with van der Waals surface area (Å²) in [6, 6.07) is 7.12. The number of nitrogens with zero attached hydrogens (tertiary/aromatic N) is 1. The molecule has 0 unspecified atom stereocenters. The highest BCUT2D eigenvalue weighted by Gasteiger charge is 2.35. The third-order valence-corrected chi connectivity index (χ3v) is 4.43. The van der Waals surface area contributed by atoms with Crippen LogP contribution in [0.1, 0.15) is 40.0 Å². The van der Waals surface area contributed by atoms with E-state index in [-0.39, 0.29) is 5.91 Å². The van der Waals surface area contributed by atoms with Gasteiger partial charge in [0, 0.05) is 18.1 Å². The minimum atomic E-state index is -0.854. The van der Waals surface area contributed by atoms with E-state index in [9.17, 15) is 4.79 Å². The van der Waals surface area contributed by atoms with Crippen LogP contribution in [-0.4, -0.2) is 29.5 Å². The van der Waals surface area contributed by atoms with E-state index >= 15 is 0 Å². The van der Waals surface area contributed by atoms with E-state index in [0.717, 1.165) is 31.8 Å². The van der Waals surface area contributed by atoms with Crippen molar-refractivity contribution in [3.8, 4) is 5.75 Å². The first-order valence-electron chi connectivity index (χ1n) is 7.66. The normalized spacial score (nSPS) is 16.9. The highest BCUT2D eigenvalue weighted by atomic mass is 35.5. The van der Waals surface area contributed by atoms with Crippen molar-refractivity contribution in [3.63, 3.8) is 0 Å². The molecule has 1 aromatic rings. The molecule has 1 saturated heterocycles. The lowest BCUT2D eigenvalue weighted by atomic mass is 9.93. The van der Waals surface area contributed by atoms with Crippen LogP contribution in [0.4, 0.5) is 0 Å². The Bertz CT molecular complexity index is 476. The van der Waals surface area contributed by atoms with E-state index in [0.29, 0.717) is 10.8 Å². The fourth-order valence-electron chi connectivity index (χ4n) is 2.77. The number of hydrogen-bond donors (Lipinski definition) is 0. The molecule has 0 atom stereocenters. The predicted octanol–water partition coefficient (Wildman–Crippen LogP) is 4.15. The zero-order valence-electron chi connectivity index (χ0n) is 13.1. The Hall–Kier alpha value is -1.22. The third kappa shape index (κ3) is 4.13. The lowest BCUT2D eigenvalue weighted by molar-refractivity contribution is -0.147. The molecule has 1 aliphatic heterocycles. The minimum absolute atomic E-state index is 0.0620. The van der Waals surface area contributed by atoms with Crippen LogP contribution in [0.5, 0.6) is 5.75 Å². The average molecular weight is 310 g/mol. The first-order valence-corrected chi connectivity index (χ1v) is 8.04. The second-order valence-corrected chi connectivity index (χ2v) is 6.65. The van der Waals surface area contributed by atoms with Gasteiger partial charge in [-0.2, -0.15) is 0 Å². The fourth-order valence-corrected chi connectivity index (χ4v) is 2.89. The van der Waals surface area contributed by atoms with Gasteiger partial charge in [-0.15, -0.1) is 0 Å². The second-order valence-electron chi connectivity index (χ2n) is 6.21. The summed E-state index contributed by atoms with van der Waals surface area (Å²) < 4.78 is 5.88. The van der Waals surface area contributed by atoms with Crippen molar-refractivity contribution in [2.75, 3.05) is 13.1 Å². The topological polar surface area (TPSA) is 29.5 Å². The molecule has 0 aromatic heterocycles. The molecule has 1 amide bonds. The van der Waals surface area contributed by atoms with Gasteiger partial charge >= 0.3 is 0 Å². The first kappa shape index (κ1) is 16.2. The average Bonchev–Trinajstić information content (AvgIpc) is 2.49. The summed E-state index contributed by atoms with van der Waals surface area (Å²) in [5.74, 6) is 1.49. The molecule has 0 N–H and O–H groups in total. The van der Waals surface area contributed by atoms with Gasteiger partial charge in [0.25, 0.3) is 5.91 Å². The van der Waals surface area contributed by atoms with Crippen LogP contribution in [0.2, 0.25) is 5.02 Å². The summed E-state index contributed by atoms with van der Waals surface area (Å²) in [6.45, 7) is 7.55. The quantitative estimate of drug-likeness (QED) is 0.836. The third-order valence-electron chi connectivity index (χ3n) is 4.18. The van der Waals surface area contributed by atoms with E-state index in [4.69, 9.17) is 16.3 Å². The van der Waals surface area contributed by atoms with Gasteiger partial charge in [-0.25, -0.2) is 0 Å². The lowest BCUT2D eigenvalue weighted by Gasteiger charge is -2.36. The molecule has 1 heterocycles. The van der Waals surface area contributed by atoms with Gasteiger partial charge in [-0.05, 0) is 56.9 Å². The van der Waals surface area contributed by atoms with E-state index in [1.165, 1.54) is 6.42 Å². The second kappa shape index (κ2) is 6.69. The number of halogens is 1. The molecule has 1 fully saturated rings. The smallest absolute Gasteiger partial charge is 0.266 e. The zero-order valence-corrected chi connectivity index (χ0v) is 13.8. The van der Waals surface area contributed by atoms with Crippen molar-refractivity contribution in [2.45, 2.75) is 45.6 Å². The Balaban J connectivity index is 1.98. The monoisotopic (exact) mass is 309 g/mol. The summed E-state index contributed by atoms with van der Waals surface area (Å²) >= 11 is 5.86. The molecular formula is C17H24ClNO2. The van der Waals surface area contributed by atoms with Crippen molar-refractivity contribution in [3.05, 3.63) is 29.3 Å². The van der Waals surface area contributed by atoms with E-state index in [2.05, 4.69) is 6.92 Å². The molecule has 0 radical (unpaired) electrons. The number of carbonyl (C=O) groups excluding carboxylic acids is 1. The molecule has 2 rings (SSSR count). The highest BCUT2D eigenvalue weighted by molar-refractivity contribution is 6.30. The van der Waals surface area contributed by atoms with Gasteiger partial charge in [-0.3, -0.25) is 4.79 Å². The molecule has 3 nitrogen and oxygen atoms in total. The van der Waals surface area contributed by atoms with Gasteiger partial charge < -0.3 is 9.64 Å². The van der Waals surface area contributed by atoms with Gasteiger partial charge in [0.05, 0.1) is 0 Å². The van der Waals surface area contributed by atoms with Gasteiger partial charge in [-0.1, -0.05) is 24.9 Å². The van der Waals surface area contributed by atoms with Crippen LogP contribution in [-0.2, 0) is 4.79 Å². The molecule has 4 heteroatoms. The molecule has 0 saturated carbocycles. The zero-order chi connectivity index (χ0) is 15.5. The Morgan fingerprint density at radius 2 is 1.86 bits per heavy atom. The van der Waals surface area contributed by atoms with Crippen LogP contribution in [0, 0.1) is 5.92 Å². The van der Waals surface area contributed by atoms with Crippen molar-refractivity contribution < 1.29 is 9.53 Å². The summed E-state index contributed by atoms with van der Waals surface area (Å²) in [4.78, 5) is 14.6. The fraction of sp³-hybridized carbons (Fsp3) is 0.588. The van der Waals surface area contributed by atoms with Crippen molar-refractivity contribution in [2.24, 2.45) is 5.92 Å². The molecule has 0 spiro atoms. The minimum Gasteiger partial charge on any atom is -0.478 e. The first-order chi connectivity index (χ1) is 9.92. The van der Waals surface area contributed by atoms with Crippen LogP contribution in [0.3, 0.4) is 0 Å². The maximum absolute atomic E-state index is 12.7. The Labute approximate surface area is 132 Å². The van der Waals surface area contributed by atoms with Crippen LogP contribution in [0.25, 0.3) is 0 Å². The predicted molar refractivity (Wildman–Crippen MR) is 85.8 cm³/mol. The Morgan fingerprint density at radius 1 is 1.29 bits per heavy atom. The summed E-state index contributed by atoms with van der Waals surface area (Å²) in [7, 11) is 0. The number of piperidine rings is 1. The van der Waals surface area contributed by atoms with E-state index in [1.807, 2.05) is 18.7 Å². The Morgan fingerprint density at radius 3 is 2.38 bits per heavy atom. The molecular weight excluding hydrogens is 286 g/mol. The largest absolute Gasteiger partial charge is 0.478 e. The standard InChI is InChI=1S/C17H24ClNO2/c1-4-13-9-11-19(12-10-13)16(20)17(2,3)21-15-7-5-14(18)6-8-15/h5-8,13H,4,9-12H2,1-3H3. The highest BCUT2D eigenvalue weighted by Crippen LogP contribution is 2.25. The maximum atomic E-state index is 12.7. The molecule has 21 heavy (non-hydrogen) atoms. The molecule has 1 aromatic carbocycles. The molecule has 0 bridgehead atoms. The Kier molecular flexibility index (Phi) is 5.15. The van der Waals surface area contributed by atoms with E-state index in [1.54, 1.807) is 24.3 Å². The van der Waals surface area contributed by atoms with Crippen molar-refractivity contribution in [1.82, 2.24) is 4.90 Å². The van der Waals surface area contributed by atoms with Gasteiger partial charge in [0.1, 0.15) is 5.75 Å². The van der Waals surface area contributed by atoms with Crippen LogP contribution in [0.15, 0.2) is 24.3 Å². The molecule has 1 aliphatic rings. The SMILES string of the molecule is CCC1CCN(C(=O)C(C)(C)Oc2ccc(Cl)cc2)CC1. The number of carbonyl (C=O) groups is 1. The number of ether oxygens (including phenoxy) is 1. The number of benzene rings is 1. The summed E-state index contributed by atoms with van der Waals surface area (Å²) in [6.07, 6.45) is 3.39. The summed E-state index contributed by atoms with van der Waals surface area (Å²) in [5, 5.41) is 0.660. The van der Waals surface area contributed by atoms with Crippen LogP contribution >= 0.6 is 11.6 Å². The van der Waals surface area contributed by atoms with Gasteiger partial charge in [0.15, 0.2) is 5.60 Å². The number of likely N-dealkylation sites (tertiary alicyclic amines) is 1. The summed E-state index contributed by atoms with van der Waals surface area (Å²) in [5.41, 5.74) is -0.854. The number of rotatable bonds is 4.